The lowest BCUT2D eigenvalue weighted by molar-refractivity contribution is 0.146. The number of rotatable bonds is 3. The maximum atomic E-state index is 12.6. The highest BCUT2D eigenvalue weighted by Crippen LogP contribution is 2.19. The number of hydrogen-bond acceptors (Lipinski definition) is 3. The van der Waals surface area contributed by atoms with Crippen molar-refractivity contribution in [2.45, 2.75) is 52.2 Å². The van der Waals surface area contributed by atoms with Crippen molar-refractivity contribution in [1.82, 2.24) is 14.5 Å². The molecular weight excluding hydrogens is 262 g/mol. The van der Waals surface area contributed by atoms with Crippen molar-refractivity contribution in [2.75, 3.05) is 6.54 Å². The van der Waals surface area contributed by atoms with Gasteiger partial charge in [0.1, 0.15) is 5.82 Å². The van der Waals surface area contributed by atoms with Gasteiger partial charge in [-0.2, -0.15) is 0 Å². The highest BCUT2D eigenvalue weighted by molar-refractivity contribution is 5.77. The van der Waals surface area contributed by atoms with E-state index in [1.165, 1.54) is 19.3 Å². The summed E-state index contributed by atoms with van der Waals surface area (Å²) < 4.78 is 1.82. The Morgan fingerprint density at radius 2 is 2.10 bits per heavy atom. The van der Waals surface area contributed by atoms with E-state index in [0.717, 1.165) is 29.8 Å². The number of fused-ring (bicyclic) bond motifs is 1. The lowest BCUT2D eigenvalue weighted by Gasteiger charge is -2.33. The van der Waals surface area contributed by atoms with E-state index in [-0.39, 0.29) is 5.56 Å². The molecule has 1 aliphatic rings. The molecule has 0 radical (unpaired) electrons. The topological polar surface area (TPSA) is 38.1 Å². The zero-order chi connectivity index (χ0) is 14.8. The van der Waals surface area contributed by atoms with Gasteiger partial charge in [-0.3, -0.25) is 14.3 Å². The summed E-state index contributed by atoms with van der Waals surface area (Å²) in [7, 11) is 0. The molecular formula is C17H23N3O. The highest BCUT2D eigenvalue weighted by Gasteiger charge is 2.20. The molecule has 0 N–H and O–H groups in total. The van der Waals surface area contributed by atoms with Gasteiger partial charge in [0.05, 0.1) is 17.4 Å². The van der Waals surface area contributed by atoms with Crippen LogP contribution in [0.25, 0.3) is 10.9 Å². The van der Waals surface area contributed by atoms with E-state index in [4.69, 9.17) is 4.98 Å². The maximum absolute atomic E-state index is 12.6. The normalized spacial score (nSPS) is 20.0. The Bertz CT molecular complexity index is 692. The predicted molar refractivity (Wildman–Crippen MR) is 85.4 cm³/mol. The minimum Gasteiger partial charge on any atom is -0.295 e. The van der Waals surface area contributed by atoms with Crippen LogP contribution in [-0.2, 0) is 13.1 Å². The van der Waals surface area contributed by atoms with E-state index in [1.807, 2.05) is 35.8 Å². The van der Waals surface area contributed by atoms with Gasteiger partial charge in [-0.15, -0.1) is 0 Å². The van der Waals surface area contributed by atoms with E-state index in [9.17, 15) is 4.79 Å². The molecule has 1 aromatic carbocycles. The summed E-state index contributed by atoms with van der Waals surface area (Å²) in [5, 5.41) is 0.717. The molecule has 1 aliphatic heterocycles. The quantitative estimate of drug-likeness (QED) is 0.870. The second kappa shape index (κ2) is 5.98. The predicted octanol–water partition coefficient (Wildman–Crippen LogP) is 2.79. The molecule has 21 heavy (non-hydrogen) atoms. The van der Waals surface area contributed by atoms with Crippen LogP contribution in [0, 0.1) is 0 Å². The van der Waals surface area contributed by atoms with E-state index >= 15 is 0 Å². The number of hydrogen-bond donors (Lipinski definition) is 0. The fourth-order valence-electron chi connectivity index (χ4n) is 3.23. The van der Waals surface area contributed by atoms with Gasteiger partial charge in [0.2, 0.25) is 0 Å². The highest BCUT2D eigenvalue weighted by atomic mass is 16.1. The first-order valence-corrected chi connectivity index (χ1v) is 7.93. The van der Waals surface area contributed by atoms with Crippen LogP contribution < -0.4 is 5.56 Å². The van der Waals surface area contributed by atoms with Crippen molar-refractivity contribution in [3.8, 4) is 0 Å². The van der Waals surface area contributed by atoms with E-state index in [2.05, 4.69) is 11.8 Å². The van der Waals surface area contributed by atoms with Crippen molar-refractivity contribution in [3.63, 3.8) is 0 Å². The molecule has 0 amide bonds. The molecule has 0 bridgehead atoms. The van der Waals surface area contributed by atoms with Crippen LogP contribution in [0.1, 0.15) is 38.9 Å². The summed E-state index contributed by atoms with van der Waals surface area (Å²) in [5.41, 5.74) is 0.898. The monoisotopic (exact) mass is 285 g/mol. The number of para-hydroxylation sites is 1. The minimum absolute atomic E-state index is 0.0859. The summed E-state index contributed by atoms with van der Waals surface area (Å²) in [4.78, 5) is 19.8. The van der Waals surface area contributed by atoms with E-state index < -0.39 is 0 Å². The Morgan fingerprint density at radius 1 is 1.29 bits per heavy atom. The van der Waals surface area contributed by atoms with Gasteiger partial charge in [0.15, 0.2) is 0 Å². The van der Waals surface area contributed by atoms with Gasteiger partial charge in [-0.1, -0.05) is 18.6 Å². The summed E-state index contributed by atoms with van der Waals surface area (Å²) in [6.45, 7) is 6.84. The Balaban J connectivity index is 2.02. The smallest absolute Gasteiger partial charge is 0.261 e. The average Bonchev–Trinajstić information content (AvgIpc) is 2.50. The fourth-order valence-corrected chi connectivity index (χ4v) is 3.23. The fraction of sp³-hybridized carbons (Fsp3) is 0.529. The molecule has 1 fully saturated rings. The standard InChI is InChI=1S/C17H23N3O/c1-3-20-16(12-19-11-7-6-8-13(19)2)18-15-10-5-4-9-14(15)17(20)21/h4-5,9-10,13H,3,6-8,11-12H2,1-2H3/t13-/m1/s1. The molecule has 112 valence electrons. The van der Waals surface area contributed by atoms with Gasteiger partial charge < -0.3 is 0 Å². The van der Waals surface area contributed by atoms with Crippen molar-refractivity contribution in [1.29, 1.82) is 0 Å². The SMILES string of the molecule is CCn1c(CN2CCCC[C@H]2C)nc2ccccc2c1=O. The van der Waals surface area contributed by atoms with Crippen molar-refractivity contribution in [3.05, 3.63) is 40.4 Å². The minimum atomic E-state index is 0.0859. The van der Waals surface area contributed by atoms with Crippen molar-refractivity contribution >= 4 is 10.9 Å². The van der Waals surface area contributed by atoms with Crippen LogP contribution >= 0.6 is 0 Å². The first kappa shape index (κ1) is 14.3. The van der Waals surface area contributed by atoms with Crippen LogP contribution in [0.2, 0.25) is 0 Å². The molecule has 0 saturated carbocycles. The summed E-state index contributed by atoms with van der Waals surface area (Å²) >= 11 is 0. The molecule has 1 atom stereocenters. The van der Waals surface area contributed by atoms with Gasteiger partial charge >= 0.3 is 0 Å². The summed E-state index contributed by atoms with van der Waals surface area (Å²) in [6.07, 6.45) is 3.79. The Kier molecular flexibility index (Phi) is 4.06. The Morgan fingerprint density at radius 3 is 2.86 bits per heavy atom. The molecule has 1 saturated heterocycles. The number of benzene rings is 1. The second-order valence-corrected chi connectivity index (χ2v) is 5.91. The third kappa shape index (κ3) is 2.72. The lowest BCUT2D eigenvalue weighted by Crippen LogP contribution is -2.39. The third-order valence-corrected chi connectivity index (χ3v) is 4.54. The van der Waals surface area contributed by atoms with Crippen LogP contribution in [0.15, 0.2) is 29.1 Å². The van der Waals surface area contributed by atoms with Crippen LogP contribution in [0.4, 0.5) is 0 Å². The van der Waals surface area contributed by atoms with Crippen LogP contribution in [-0.4, -0.2) is 27.0 Å². The van der Waals surface area contributed by atoms with Gasteiger partial charge in [-0.25, -0.2) is 4.98 Å². The molecule has 4 heteroatoms. The zero-order valence-electron chi connectivity index (χ0n) is 12.9. The molecule has 4 nitrogen and oxygen atoms in total. The molecule has 2 heterocycles. The van der Waals surface area contributed by atoms with Crippen molar-refractivity contribution < 1.29 is 0 Å². The summed E-state index contributed by atoms with van der Waals surface area (Å²) in [5.74, 6) is 0.898. The number of likely N-dealkylation sites (tertiary alicyclic amines) is 1. The first-order valence-electron chi connectivity index (χ1n) is 7.93. The molecule has 0 unspecified atom stereocenters. The summed E-state index contributed by atoms with van der Waals surface area (Å²) in [6, 6.07) is 8.22. The second-order valence-electron chi connectivity index (χ2n) is 5.91. The Hall–Kier alpha value is -1.68. The van der Waals surface area contributed by atoms with Crippen LogP contribution in [0.3, 0.4) is 0 Å². The number of aromatic nitrogens is 2. The number of nitrogens with zero attached hydrogens (tertiary/aromatic N) is 3. The molecule has 0 spiro atoms. The van der Waals surface area contributed by atoms with Gasteiger partial charge in [0.25, 0.3) is 5.56 Å². The van der Waals surface area contributed by atoms with Gasteiger partial charge in [-0.05, 0) is 45.4 Å². The average molecular weight is 285 g/mol. The lowest BCUT2D eigenvalue weighted by atomic mass is 10.0. The van der Waals surface area contributed by atoms with Gasteiger partial charge in [0, 0.05) is 12.6 Å². The Labute approximate surface area is 125 Å². The van der Waals surface area contributed by atoms with E-state index in [0.29, 0.717) is 12.6 Å². The molecule has 3 rings (SSSR count). The maximum Gasteiger partial charge on any atom is 0.261 e. The van der Waals surface area contributed by atoms with E-state index in [1.54, 1.807) is 0 Å². The zero-order valence-corrected chi connectivity index (χ0v) is 12.9. The first-order chi connectivity index (χ1) is 10.2. The molecule has 0 aliphatic carbocycles. The third-order valence-electron chi connectivity index (χ3n) is 4.54. The molecule has 1 aromatic heterocycles. The van der Waals surface area contributed by atoms with Crippen molar-refractivity contribution in [2.24, 2.45) is 0 Å². The molecule has 2 aromatic rings. The van der Waals surface area contributed by atoms with Crippen LogP contribution in [0.5, 0.6) is 0 Å². The largest absolute Gasteiger partial charge is 0.295 e. The number of piperidine rings is 1.